The van der Waals surface area contributed by atoms with Gasteiger partial charge in [-0.15, -0.1) is 0 Å². The average Bonchev–Trinajstić information content (AvgIpc) is 2.66. The molecule has 0 unspecified atom stereocenters. The van der Waals surface area contributed by atoms with Crippen LogP contribution in [0.3, 0.4) is 0 Å². The van der Waals surface area contributed by atoms with Crippen molar-refractivity contribution in [3.05, 3.63) is 57.6 Å². The van der Waals surface area contributed by atoms with E-state index in [4.69, 9.17) is 9.47 Å². The van der Waals surface area contributed by atoms with Crippen molar-refractivity contribution in [2.45, 2.75) is 27.3 Å². The van der Waals surface area contributed by atoms with Gasteiger partial charge in [-0.1, -0.05) is 17.7 Å². The van der Waals surface area contributed by atoms with Gasteiger partial charge in [-0.2, -0.15) is 0 Å². The monoisotopic (exact) mass is 381 g/mol. The molecule has 146 valence electrons. The quantitative estimate of drug-likeness (QED) is 0.735. The number of benzene rings is 2. The predicted molar refractivity (Wildman–Crippen MR) is 108 cm³/mol. The minimum atomic E-state index is -0.321. The first-order valence-corrected chi connectivity index (χ1v) is 8.83. The highest BCUT2D eigenvalue weighted by Gasteiger charge is 2.14. The highest BCUT2D eigenvalue weighted by molar-refractivity contribution is 5.92. The minimum Gasteiger partial charge on any atom is -0.493 e. The van der Waals surface area contributed by atoms with Crippen LogP contribution in [0.5, 0.6) is 11.5 Å². The van der Waals surface area contributed by atoms with Crippen LogP contribution >= 0.6 is 0 Å². The number of ether oxygens (including phenoxy) is 2. The molecule has 7 heteroatoms. The molecular formula is C21H23N3O4. The SMILES string of the molecule is COc1cc2ncn(CC(=O)Nc3c(C)cc(C)cc3C)c(=O)c2cc1OC. The van der Waals surface area contributed by atoms with Crippen molar-refractivity contribution in [2.75, 3.05) is 19.5 Å². The van der Waals surface area contributed by atoms with Crippen LogP contribution in [0.4, 0.5) is 5.69 Å². The molecule has 0 aliphatic heterocycles. The number of nitrogens with zero attached hydrogens (tertiary/aromatic N) is 2. The lowest BCUT2D eigenvalue weighted by Gasteiger charge is -2.14. The Bertz CT molecular complexity index is 1100. The molecule has 3 aromatic rings. The number of rotatable bonds is 5. The van der Waals surface area contributed by atoms with E-state index in [0.717, 1.165) is 22.4 Å². The standard InChI is InChI=1S/C21H23N3O4/c1-12-6-13(2)20(14(3)7-12)23-19(25)10-24-11-22-16-9-18(28-5)17(27-4)8-15(16)21(24)26/h6-9,11H,10H2,1-5H3,(H,23,25). The van der Waals surface area contributed by atoms with Crippen molar-refractivity contribution >= 4 is 22.5 Å². The molecule has 1 heterocycles. The Balaban J connectivity index is 1.91. The molecule has 1 N–H and O–H groups in total. The zero-order valence-electron chi connectivity index (χ0n) is 16.6. The molecule has 1 aromatic heterocycles. The molecule has 0 radical (unpaired) electrons. The van der Waals surface area contributed by atoms with Gasteiger partial charge in [0.25, 0.3) is 5.56 Å². The Morgan fingerprint density at radius 1 is 1.04 bits per heavy atom. The molecule has 0 bridgehead atoms. The zero-order chi connectivity index (χ0) is 20.4. The van der Waals surface area contributed by atoms with Crippen molar-refractivity contribution in [2.24, 2.45) is 0 Å². The van der Waals surface area contributed by atoms with Crippen LogP contribution < -0.4 is 20.3 Å². The summed E-state index contributed by atoms with van der Waals surface area (Å²) in [4.78, 5) is 29.6. The number of hydrogen-bond acceptors (Lipinski definition) is 5. The molecular weight excluding hydrogens is 358 g/mol. The number of aromatic nitrogens is 2. The third-order valence-electron chi connectivity index (χ3n) is 4.58. The summed E-state index contributed by atoms with van der Waals surface area (Å²) >= 11 is 0. The van der Waals surface area contributed by atoms with Gasteiger partial charge < -0.3 is 14.8 Å². The highest BCUT2D eigenvalue weighted by atomic mass is 16.5. The number of carbonyl (C=O) groups is 1. The summed E-state index contributed by atoms with van der Waals surface area (Å²) in [6.07, 6.45) is 1.37. The molecule has 7 nitrogen and oxygen atoms in total. The number of aryl methyl sites for hydroxylation is 3. The molecule has 2 aromatic carbocycles. The second kappa shape index (κ2) is 7.72. The Morgan fingerprint density at radius 2 is 1.64 bits per heavy atom. The van der Waals surface area contributed by atoms with Gasteiger partial charge in [0.15, 0.2) is 11.5 Å². The molecule has 28 heavy (non-hydrogen) atoms. The number of carbonyl (C=O) groups excluding carboxylic acids is 1. The summed E-state index contributed by atoms with van der Waals surface area (Å²) < 4.78 is 11.8. The molecule has 0 fully saturated rings. The van der Waals surface area contributed by atoms with E-state index in [1.807, 2.05) is 32.9 Å². The summed E-state index contributed by atoms with van der Waals surface area (Å²) in [5.74, 6) is 0.628. The van der Waals surface area contributed by atoms with E-state index in [-0.39, 0.29) is 18.0 Å². The van der Waals surface area contributed by atoms with Gasteiger partial charge in [-0.25, -0.2) is 4.98 Å². The smallest absolute Gasteiger partial charge is 0.261 e. The van der Waals surface area contributed by atoms with Gasteiger partial charge in [-0.05, 0) is 38.0 Å². The van der Waals surface area contributed by atoms with E-state index in [0.29, 0.717) is 22.4 Å². The van der Waals surface area contributed by atoms with Crippen molar-refractivity contribution in [3.63, 3.8) is 0 Å². The van der Waals surface area contributed by atoms with Gasteiger partial charge in [0, 0.05) is 11.8 Å². The number of nitrogens with one attached hydrogen (secondary N) is 1. The van der Waals surface area contributed by atoms with Crippen LogP contribution in [0.15, 0.2) is 35.4 Å². The number of amides is 1. The molecule has 3 rings (SSSR count). The Hall–Kier alpha value is -3.35. The summed E-state index contributed by atoms with van der Waals surface area (Å²) in [6, 6.07) is 7.23. The summed E-state index contributed by atoms with van der Waals surface area (Å²) in [6.45, 7) is 5.76. The average molecular weight is 381 g/mol. The molecule has 0 aliphatic rings. The lowest BCUT2D eigenvalue weighted by molar-refractivity contribution is -0.116. The van der Waals surface area contributed by atoms with Gasteiger partial charge >= 0.3 is 0 Å². The minimum absolute atomic E-state index is 0.136. The fourth-order valence-corrected chi connectivity index (χ4v) is 3.31. The molecule has 0 spiro atoms. The van der Waals surface area contributed by atoms with Crippen LogP contribution in [-0.4, -0.2) is 29.7 Å². The normalized spacial score (nSPS) is 10.8. The Kier molecular flexibility index (Phi) is 5.35. The van der Waals surface area contributed by atoms with E-state index in [9.17, 15) is 9.59 Å². The topological polar surface area (TPSA) is 82.5 Å². The summed E-state index contributed by atoms with van der Waals surface area (Å²) in [5.41, 5.74) is 4.01. The number of anilines is 1. The first-order chi connectivity index (χ1) is 13.3. The van der Waals surface area contributed by atoms with Crippen LogP contribution in [0.2, 0.25) is 0 Å². The molecule has 1 amide bonds. The van der Waals surface area contributed by atoms with Crippen LogP contribution in [0, 0.1) is 20.8 Å². The second-order valence-electron chi connectivity index (χ2n) is 6.72. The molecule has 0 saturated heterocycles. The fourth-order valence-electron chi connectivity index (χ4n) is 3.31. The number of methoxy groups -OCH3 is 2. The van der Waals surface area contributed by atoms with E-state index in [1.54, 1.807) is 12.1 Å². The number of hydrogen-bond donors (Lipinski definition) is 1. The first-order valence-electron chi connectivity index (χ1n) is 8.83. The van der Waals surface area contributed by atoms with E-state index in [1.165, 1.54) is 25.1 Å². The zero-order valence-corrected chi connectivity index (χ0v) is 16.6. The first kappa shape index (κ1) is 19.4. The third kappa shape index (κ3) is 3.69. The third-order valence-corrected chi connectivity index (χ3v) is 4.58. The highest BCUT2D eigenvalue weighted by Crippen LogP contribution is 2.29. The van der Waals surface area contributed by atoms with Crippen molar-refractivity contribution in [1.29, 1.82) is 0 Å². The maximum absolute atomic E-state index is 12.8. The van der Waals surface area contributed by atoms with Crippen LogP contribution in [0.25, 0.3) is 10.9 Å². The summed E-state index contributed by atoms with van der Waals surface area (Å²) in [5, 5.41) is 3.26. The largest absolute Gasteiger partial charge is 0.493 e. The Morgan fingerprint density at radius 3 is 2.25 bits per heavy atom. The maximum atomic E-state index is 12.8. The van der Waals surface area contributed by atoms with Crippen molar-refractivity contribution < 1.29 is 14.3 Å². The second-order valence-corrected chi connectivity index (χ2v) is 6.72. The Labute approximate surface area is 162 Å². The van der Waals surface area contributed by atoms with E-state index >= 15 is 0 Å². The van der Waals surface area contributed by atoms with Crippen molar-refractivity contribution in [1.82, 2.24) is 9.55 Å². The van der Waals surface area contributed by atoms with Crippen LogP contribution in [-0.2, 0) is 11.3 Å². The summed E-state index contributed by atoms with van der Waals surface area (Å²) in [7, 11) is 3.02. The van der Waals surface area contributed by atoms with E-state index < -0.39 is 0 Å². The van der Waals surface area contributed by atoms with E-state index in [2.05, 4.69) is 10.3 Å². The maximum Gasteiger partial charge on any atom is 0.261 e. The molecule has 0 atom stereocenters. The fraction of sp³-hybridized carbons (Fsp3) is 0.286. The van der Waals surface area contributed by atoms with Crippen molar-refractivity contribution in [3.8, 4) is 11.5 Å². The van der Waals surface area contributed by atoms with Gasteiger partial charge in [0.2, 0.25) is 5.91 Å². The molecule has 0 saturated carbocycles. The van der Waals surface area contributed by atoms with Gasteiger partial charge in [0.1, 0.15) is 6.54 Å². The van der Waals surface area contributed by atoms with Gasteiger partial charge in [0.05, 0.1) is 31.4 Å². The number of fused-ring (bicyclic) bond motifs is 1. The molecule has 0 aliphatic carbocycles. The predicted octanol–water partition coefficient (Wildman–Crippen LogP) is 2.98. The van der Waals surface area contributed by atoms with Gasteiger partial charge in [-0.3, -0.25) is 14.2 Å². The lowest BCUT2D eigenvalue weighted by atomic mass is 10.1. The van der Waals surface area contributed by atoms with Crippen LogP contribution in [0.1, 0.15) is 16.7 Å². The lowest BCUT2D eigenvalue weighted by Crippen LogP contribution is -2.28.